The van der Waals surface area contributed by atoms with Crippen LogP contribution in [0.1, 0.15) is 39.8 Å². The van der Waals surface area contributed by atoms with Crippen molar-refractivity contribution in [2.45, 2.75) is 52.4 Å². The highest BCUT2D eigenvalue weighted by molar-refractivity contribution is 6.30. The zero-order chi connectivity index (χ0) is 29.4. The van der Waals surface area contributed by atoms with E-state index in [1.165, 1.54) is 7.11 Å². The van der Waals surface area contributed by atoms with Crippen LogP contribution in [0.3, 0.4) is 0 Å². The van der Waals surface area contributed by atoms with Crippen molar-refractivity contribution in [1.29, 1.82) is 5.41 Å². The Labute approximate surface area is 239 Å². The van der Waals surface area contributed by atoms with E-state index in [0.29, 0.717) is 35.7 Å². The predicted molar refractivity (Wildman–Crippen MR) is 156 cm³/mol. The van der Waals surface area contributed by atoms with E-state index in [-0.39, 0.29) is 12.3 Å². The van der Waals surface area contributed by atoms with Gasteiger partial charge in [0, 0.05) is 79.1 Å². The molecule has 0 radical (unpaired) electrons. The van der Waals surface area contributed by atoms with E-state index < -0.39 is 18.0 Å². The number of aliphatic hydroxyl groups is 1. The molecule has 216 valence electrons. The van der Waals surface area contributed by atoms with Gasteiger partial charge < -0.3 is 34.4 Å². The normalized spacial score (nSPS) is 13.0. The smallest absolute Gasteiger partial charge is 0.407 e. The van der Waals surface area contributed by atoms with Gasteiger partial charge in [0.05, 0.1) is 12.3 Å². The molecule has 2 aromatic heterocycles. The molecule has 0 fully saturated rings. The van der Waals surface area contributed by atoms with Crippen molar-refractivity contribution in [3.8, 4) is 16.9 Å². The summed E-state index contributed by atoms with van der Waals surface area (Å²) in [5.74, 6) is 0.584. The average molecular weight is 572 g/mol. The minimum Gasteiger partial charge on any atom is -0.493 e. The summed E-state index contributed by atoms with van der Waals surface area (Å²) in [7, 11) is 3.10. The molecule has 0 aliphatic rings. The number of rotatable bonds is 12. The van der Waals surface area contributed by atoms with Crippen LogP contribution in [0, 0.1) is 5.41 Å². The van der Waals surface area contributed by atoms with Gasteiger partial charge in [0.2, 0.25) is 0 Å². The maximum atomic E-state index is 12.0. The first-order valence-corrected chi connectivity index (χ1v) is 13.3. The second-order valence-corrected chi connectivity index (χ2v) is 10.6. The molecule has 2 heterocycles. The lowest BCUT2D eigenvalue weighted by molar-refractivity contribution is -0.0203. The number of benzene rings is 1. The van der Waals surface area contributed by atoms with Crippen molar-refractivity contribution in [2.24, 2.45) is 0 Å². The van der Waals surface area contributed by atoms with E-state index >= 15 is 0 Å². The zero-order valence-electron chi connectivity index (χ0n) is 23.8. The summed E-state index contributed by atoms with van der Waals surface area (Å²) < 4.78 is 18.4. The summed E-state index contributed by atoms with van der Waals surface area (Å²) in [6.45, 7) is 7.94. The molecule has 40 heavy (non-hydrogen) atoms. The number of alkyl carbamates (subject to hydrolysis) is 1. The third kappa shape index (κ3) is 8.20. The van der Waals surface area contributed by atoms with Gasteiger partial charge in [-0.05, 0) is 58.0 Å². The molecule has 0 aliphatic heterocycles. The third-order valence-corrected chi connectivity index (χ3v) is 6.35. The maximum Gasteiger partial charge on any atom is 0.407 e. The molecular weight excluding hydrogens is 534 g/mol. The van der Waals surface area contributed by atoms with Crippen LogP contribution >= 0.6 is 11.6 Å². The Bertz CT molecular complexity index is 1380. The van der Waals surface area contributed by atoms with E-state index in [9.17, 15) is 9.90 Å². The Morgan fingerprint density at radius 1 is 1.25 bits per heavy atom. The zero-order valence-corrected chi connectivity index (χ0v) is 24.6. The van der Waals surface area contributed by atoms with Crippen LogP contribution in [-0.2, 0) is 15.9 Å². The van der Waals surface area contributed by atoms with Gasteiger partial charge in [0.1, 0.15) is 17.0 Å². The first-order valence-electron chi connectivity index (χ1n) is 13.0. The topological polar surface area (TPSA) is 130 Å². The van der Waals surface area contributed by atoms with Crippen molar-refractivity contribution in [1.82, 2.24) is 20.0 Å². The second kappa shape index (κ2) is 13.6. The van der Waals surface area contributed by atoms with Crippen LogP contribution in [0.4, 0.5) is 4.79 Å². The minimum atomic E-state index is -1.32. The van der Waals surface area contributed by atoms with E-state index in [4.69, 9.17) is 31.2 Å². The van der Waals surface area contributed by atoms with Gasteiger partial charge in [0.25, 0.3) is 0 Å². The quantitative estimate of drug-likeness (QED) is 0.178. The number of imidazole rings is 1. The van der Waals surface area contributed by atoms with Gasteiger partial charge >= 0.3 is 6.09 Å². The fourth-order valence-electron chi connectivity index (χ4n) is 4.04. The molecule has 0 aliphatic carbocycles. The number of nitrogens with one attached hydrogen (secondary N) is 3. The summed E-state index contributed by atoms with van der Waals surface area (Å²) in [6.07, 6.45) is 2.91. The number of allylic oxidation sites excluding steroid dienone is 1. The second-order valence-electron chi connectivity index (χ2n) is 10.2. The first-order chi connectivity index (χ1) is 18.9. The SMILES string of the molecule is CN/C(C)=C(/CCOc1cc(Cl)ccc1-c1ccc2ncc(CCNC(=O)OC(C)(C)C)n2c1)C(=N)C(O)OC. The lowest BCUT2D eigenvalue weighted by Crippen LogP contribution is -2.33. The number of hydrogen-bond donors (Lipinski definition) is 4. The minimum absolute atomic E-state index is 0.0245. The van der Waals surface area contributed by atoms with Gasteiger partial charge in [-0.2, -0.15) is 0 Å². The highest BCUT2D eigenvalue weighted by Crippen LogP contribution is 2.33. The Hall–Kier alpha value is -3.60. The number of aromatic nitrogens is 2. The molecule has 1 atom stereocenters. The van der Waals surface area contributed by atoms with Gasteiger partial charge in [-0.15, -0.1) is 0 Å². The lowest BCUT2D eigenvalue weighted by atomic mass is 10.0. The number of ether oxygens (including phenoxy) is 3. The Morgan fingerprint density at radius 3 is 2.67 bits per heavy atom. The van der Waals surface area contributed by atoms with Crippen LogP contribution in [0.25, 0.3) is 16.8 Å². The van der Waals surface area contributed by atoms with E-state index in [2.05, 4.69) is 15.6 Å². The standard InChI is InChI=1S/C29H38ClN5O5/c1-18(32-5)22(26(31)27(36)38-6)12-14-39-24-15-20(30)8-9-23(24)19-7-10-25-34-16-21(35(25)17-19)11-13-33-28(37)40-29(2,3)4/h7-10,15-17,27,31-32,36H,11-14H2,1-6H3,(H,33,37)/b22-18-,31-26?. The van der Waals surface area contributed by atoms with Crippen LogP contribution in [-0.4, -0.2) is 65.5 Å². The maximum absolute atomic E-state index is 12.0. The van der Waals surface area contributed by atoms with E-state index in [1.807, 2.05) is 56.5 Å². The average Bonchev–Trinajstić information content (AvgIpc) is 3.31. The number of methoxy groups -OCH3 is 1. The van der Waals surface area contributed by atoms with Crippen molar-refractivity contribution < 1.29 is 24.1 Å². The molecule has 11 heteroatoms. The van der Waals surface area contributed by atoms with E-state index in [1.54, 1.807) is 25.4 Å². The highest BCUT2D eigenvalue weighted by Gasteiger charge is 2.19. The summed E-state index contributed by atoms with van der Waals surface area (Å²) >= 11 is 6.31. The number of hydrogen-bond acceptors (Lipinski definition) is 8. The summed E-state index contributed by atoms with van der Waals surface area (Å²) in [4.78, 5) is 16.5. The summed E-state index contributed by atoms with van der Waals surface area (Å²) in [6, 6.07) is 9.33. The molecule has 0 saturated heterocycles. The molecular formula is C29H38ClN5O5. The number of carbonyl (C=O) groups excluding carboxylic acids is 1. The number of pyridine rings is 1. The van der Waals surface area contributed by atoms with Crippen LogP contribution in [0.15, 0.2) is 54.0 Å². The number of aliphatic hydroxyl groups excluding tert-OH is 1. The molecule has 3 aromatic rings. The molecule has 4 N–H and O–H groups in total. The number of halogens is 1. The lowest BCUT2D eigenvalue weighted by Gasteiger charge is -2.19. The molecule has 0 spiro atoms. The fraction of sp³-hybridized carbons (Fsp3) is 0.414. The van der Waals surface area contributed by atoms with Gasteiger partial charge in [-0.25, -0.2) is 9.78 Å². The molecule has 1 aromatic carbocycles. The molecule has 1 unspecified atom stereocenters. The van der Waals surface area contributed by atoms with E-state index in [0.717, 1.165) is 28.2 Å². The van der Waals surface area contributed by atoms with Gasteiger partial charge in [0.15, 0.2) is 6.29 Å². The van der Waals surface area contributed by atoms with Gasteiger partial charge in [-0.1, -0.05) is 11.6 Å². The Kier molecular flexibility index (Phi) is 10.6. The van der Waals surface area contributed by atoms with Crippen molar-refractivity contribution in [2.75, 3.05) is 27.3 Å². The predicted octanol–water partition coefficient (Wildman–Crippen LogP) is 4.97. The molecule has 1 amide bonds. The fourth-order valence-corrected chi connectivity index (χ4v) is 4.20. The Balaban J connectivity index is 1.79. The number of carbonyl (C=O) groups is 1. The van der Waals surface area contributed by atoms with Crippen LogP contribution in [0.5, 0.6) is 5.75 Å². The molecule has 3 rings (SSSR count). The van der Waals surface area contributed by atoms with Crippen LogP contribution < -0.4 is 15.4 Å². The van der Waals surface area contributed by atoms with Crippen LogP contribution in [0.2, 0.25) is 5.02 Å². The highest BCUT2D eigenvalue weighted by atomic mass is 35.5. The monoisotopic (exact) mass is 571 g/mol. The van der Waals surface area contributed by atoms with Crippen molar-refractivity contribution in [3.05, 3.63) is 64.7 Å². The summed E-state index contributed by atoms with van der Waals surface area (Å²) in [5, 5.41) is 24.6. The largest absolute Gasteiger partial charge is 0.493 e. The number of amides is 1. The Morgan fingerprint density at radius 2 is 2.00 bits per heavy atom. The molecule has 10 nitrogen and oxygen atoms in total. The molecule has 0 saturated carbocycles. The van der Waals surface area contributed by atoms with Crippen molar-refractivity contribution in [3.63, 3.8) is 0 Å². The number of nitrogens with zero attached hydrogens (tertiary/aromatic N) is 2. The third-order valence-electron chi connectivity index (χ3n) is 6.12. The first kappa shape index (κ1) is 30.9. The molecule has 0 bridgehead atoms. The van der Waals surface area contributed by atoms with Crippen molar-refractivity contribution >= 4 is 29.1 Å². The summed E-state index contributed by atoms with van der Waals surface area (Å²) in [5.41, 5.74) is 4.20. The number of fused-ring (bicyclic) bond motifs is 1. The van der Waals surface area contributed by atoms with Gasteiger partial charge in [-0.3, -0.25) is 5.41 Å².